The van der Waals surface area contributed by atoms with Crippen molar-refractivity contribution in [2.75, 3.05) is 14.1 Å². The molecule has 0 saturated heterocycles. The van der Waals surface area contributed by atoms with E-state index < -0.39 is 0 Å². The third-order valence-corrected chi connectivity index (χ3v) is 4.19. The van der Waals surface area contributed by atoms with Crippen molar-refractivity contribution < 1.29 is 4.79 Å². The van der Waals surface area contributed by atoms with Crippen LogP contribution in [0.2, 0.25) is 0 Å². The zero-order valence-electron chi connectivity index (χ0n) is 15.3. The molecule has 2 aromatic heterocycles. The minimum atomic E-state index is -0.344. The van der Waals surface area contributed by atoms with E-state index in [4.69, 9.17) is 0 Å². The Hall–Kier alpha value is -2.99. The zero-order valence-corrected chi connectivity index (χ0v) is 15.3. The summed E-state index contributed by atoms with van der Waals surface area (Å²) in [6, 6.07) is 11.5. The second kappa shape index (κ2) is 7.93. The number of aryl methyl sites for hydroxylation is 1. The number of pyridine rings is 1. The third-order valence-electron chi connectivity index (χ3n) is 4.19. The lowest BCUT2D eigenvalue weighted by atomic mass is 10.0. The summed E-state index contributed by atoms with van der Waals surface area (Å²) in [4.78, 5) is 23.3. The van der Waals surface area contributed by atoms with Crippen LogP contribution in [-0.2, 0) is 11.3 Å². The number of carbonyl (C=O) groups is 1. The molecule has 1 unspecified atom stereocenters. The van der Waals surface area contributed by atoms with Crippen molar-refractivity contribution in [3.05, 3.63) is 78.0 Å². The molecule has 0 aliphatic heterocycles. The molecule has 1 amide bonds. The van der Waals surface area contributed by atoms with E-state index in [1.165, 1.54) is 0 Å². The van der Waals surface area contributed by atoms with Gasteiger partial charge in [0, 0.05) is 30.7 Å². The fourth-order valence-corrected chi connectivity index (χ4v) is 2.99. The summed E-state index contributed by atoms with van der Waals surface area (Å²) >= 11 is 0. The number of imidazole rings is 1. The molecule has 1 aromatic carbocycles. The van der Waals surface area contributed by atoms with Gasteiger partial charge in [0.2, 0.25) is 5.91 Å². The molecule has 1 N–H and O–H groups in total. The van der Waals surface area contributed by atoms with Crippen LogP contribution in [-0.4, -0.2) is 39.4 Å². The molecule has 26 heavy (non-hydrogen) atoms. The van der Waals surface area contributed by atoms with Gasteiger partial charge in [-0.05, 0) is 32.6 Å². The van der Waals surface area contributed by atoms with Gasteiger partial charge in [-0.1, -0.05) is 35.9 Å². The second-order valence-electron chi connectivity index (χ2n) is 6.45. The van der Waals surface area contributed by atoms with Crippen LogP contribution in [0.15, 0.2) is 61.3 Å². The van der Waals surface area contributed by atoms with Gasteiger partial charge in [-0.3, -0.25) is 14.3 Å². The lowest BCUT2D eigenvalue weighted by Crippen LogP contribution is -2.37. The maximum absolute atomic E-state index is 12.9. The number of nitrogens with zero attached hydrogens (tertiary/aromatic N) is 4. The molecule has 6 nitrogen and oxygen atoms in total. The van der Waals surface area contributed by atoms with Crippen LogP contribution in [0.3, 0.4) is 0 Å². The highest BCUT2D eigenvalue weighted by Crippen LogP contribution is 2.20. The number of hydrogen-bond acceptors (Lipinski definition) is 4. The molecule has 0 saturated carbocycles. The first-order valence-electron chi connectivity index (χ1n) is 8.49. The summed E-state index contributed by atoms with van der Waals surface area (Å²) < 4.78 is 1.84. The summed E-state index contributed by atoms with van der Waals surface area (Å²) in [6.07, 6.45) is 6.97. The Morgan fingerprint density at radius 1 is 1.23 bits per heavy atom. The van der Waals surface area contributed by atoms with Crippen LogP contribution in [0.25, 0.3) is 5.82 Å². The molecule has 0 spiro atoms. The van der Waals surface area contributed by atoms with E-state index in [1.807, 2.05) is 73.1 Å². The quantitative estimate of drug-likeness (QED) is 0.743. The van der Waals surface area contributed by atoms with Crippen molar-refractivity contribution in [1.82, 2.24) is 24.8 Å². The van der Waals surface area contributed by atoms with E-state index in [-0.39, 0.29) is 11.9 Å². The van der Waals surface area contributed by atoms with Crippen molar-refractivity contribution in [1.29, 1.82) is 0 Å². The lowest BCUT2D eigenvalue weighted by Gasteiger charge is -2.24. The first-order valence-corrected chi connectivity index (χ1v) is 8.49. The van der Waals surface area contributed by atoms with Crippen LogP contribution >= 0.6 is 0 Å². The highest BCUT2D eigenvalue weighted by Gasteiger charge is 2.23. The Kier molecular flexibility index (Phi) is 5.43. The fourth-order valence-electron chi connectivity index (χ4n) is 2.99. The molecule has 0 fully saturated rings. The SMILES string of the molecule is Cc1cccc(C(C(=O)NCc2cccnc2-n2ccnc2)N(C)C)c1. The molecule has 1 atom stereocenters. The number of hydrogen-bond donors (Lipinski definition) is 1. The molecule has 134 valence electrons. The predicted molar refractivity (Wildman–Crippen MR) is 101 cm³/mol. The number of nitrogens with one attached hydrogen (secondary N) is 1. The topological polar surface area (TPSA) is 63.1 Å². The number of carbonyl (C=O) groups excluding carboxylic acids is 1. The normalized spacial score (nSPS) is 12.2. The van der Waals surface area contributed by atoms with Crippen molar-refractivity contribution in [2.24, 2.45) is 0 Å². The van der Waals surface area contributed by atoms with Gasteiger partial charge in [0.1, 0.15) is 18.2 Å². The van der Waals surface area contributed by atoms with Crippen molar-refractivity contribution in [3.8, 4) is 5.82 Å². The molecule has 6 heteroatoms. The summed E-state index contributed by atoms with van der Waals surface area (Å²) in [6.45, 7) is 2.43. The molecule has 0 aliphatic carbocycles. The van der Waals surface area contributed by atoms with Gasteiger partial charge >= 0.3 is 0 Å². The Balaban J connectivity index is 1.78. The Morgan fingerprint density at radius 3 is 2.77 bits per heavy atom. The average Bonchev–Trinajstić information content (AvgIpc) is 3.14. The zero-order chi connectivity index (χ0) is 18.5. The van der Waals surface area contributed by atoms with Crippen LogP contribution < -0.4 is 5.32 Å². The summed E-state index contributed by atoms with van der Waals surface area (Å²) in [5, 5.41) is 3.05. The van der Waals surface area contributed by atoms with Crippen molar-refractivity contribution in [2.45, 2.75) is 19.5 Å². The Labute approximate surface area is 153 Å². The van der Waals surface area contributed by atoms with Crippen molar-refractivity contribution in [3.63, 3.8) is 0 Å². The van der Waals surface area contributed by atoms with E-state index in [2.05, 4.69) is 15.3 Å². The Bertz CT molecular complexity index is 873. The first kappa shape index (κ1) is 17.8. The lowest BCUT2D eigenvalue weighted by molar-refractivity contribution is -0.125. The smallest absolute Gasteiger partial charge is 0.242 e. The first-order chi connectivity index (χ1) is 12.6. The van der Waals surface area contributed by atoms with Crippen LogP contribution in [0, 0.1) is 6.92 Å². The number of rotatable bonds is 6. The largest absolute Gasteiger partial charge is 0.350 e. The molecular formula is C20H23N5O. The average molecular weight is 349 g/mol. The summed E-state index contributed by atoms with van der Waals surface area (Å²) in [7, 11) is 3.82. The summed E-state index contributed by atoms with van der Waals surface area (Å²) in [5.74, 6) is 0.725. The van der Waals surface area contributed by atoms with Gasteiger partial charge in [0.15, 0.2) is 0 Å². The minimum Gasteiger partial charge on any atom is -0.350 e. The van der Waals surface area contributed by atoms with Crippen LogP contribution in [0.1, 0.15) is 22.7 Å². The molecule has 3 rings (SSSR count). The highest BCUT2D eigenvalue weighted by molar-refractivity contribution is 5.83. The number of amides is 1. The van der Waals surface area contributed by atoms with Gasteiger partial charge in [-0.25, -0.2) is 9.97 Å². The third kappa shape index (κ3) is 3.97. The Morgan fingerprint density at radius 2 is 2.08 bits per heavy atom. The molecule has 2 heterocycles. The van der Waals surface area contributed by atoms with E-state index in [0.29, 0.717) is 6.54 Å². The predicted octanol–water partition coefficient (Wildman–Crippen LogP) is 2.49. The van der Waals surface area contributed by atoms with E-state index in [1.54, 1.807) is 18.7 Å². The van der Waals surface area contributed by atoms with E-state index >= 15 is 0 Å². The van der Waals surface area contributed by atoms with Gasteiger partial charge in [-0.15, -0.1) is 0 Å². The molecule has 0 bridgehead atoms. The van der Waals surface area contributed by atoms with Gasteiger partial charge in [-0.2, -0.15) is 0 Å². The standard InChI is InChI=1S/C20H23N5O/c1-15-6-4-7-16(12-15)18(24(2)3)20(26)23-13-17-8-5-9-22-19(17)25-11-10-21-14-25/h4-12,14,18H,13H2,1-3H3,(H,23,26). The van der Waals surface area contributed by atoms with Crippen molar-refractivity contribution >= 4 is 5.91 Å². The number of benzene rings is 1. The molecule has 0 radical (unpaired) electrons. The molecule has 0 aliphatic rings. The van der Waals surface area contributed by atoms with E-state index in [0.717, 1.165) is 22.5 Å². The van der Waals surface area contributed by atoms with Crippen LogP contribution in [0.4, 0.5) is 0 Å². The second-order valence-corrected chi connectivity index (χ2v) is 6.45. The van der Waals surface area contributed by atoms with E-state index in [9.17, 15) is 4.79 Å². The maximum atomic E-state index is 12.9. The molecule has 3 aromatic rings. The fraction of sp³-hybridized carbons (Fsp3) is 0.250. The maximum Gasteiger partial charge on any atom is 0.242 e. The minimum absolute atomic E-state index is 0.0407. The van der Waals surface area contributed by atoms with Gasteiger partial charge in [0.25, 0.3) is 0 Å². The van der Waals surface area contributed by atoms with Gasteiger partial charge < -0.3 is 5.32 Å². The monoisotopic (exact) mass is 349 g/mol. The molecular weight excluding hydrogens is 326 g/mol. The highest BCUT2D eigenvalue weighted by atomic mass is 16.2. The number of likely N-dealkylation sites (N-methyl/N-ethyl adjacent to an activating group) is 1. The van der Waals surface area contributed by atoms with Gasteiger partial charge in [0.05, 0.1) is 0 Å². The number of aromatic nitrogens is 3. The van der Waals surface area contributed by atoms with Crippen LogP contribution in [0.5, 0.6) is 0 Å². The summed E-state index contributed by atoms with van der Waals surface area (Å²) in [5.41, 5.74) is 3.05.